The van der Waals surface area contributed by atoms with Crippen molar-refractivity contribution in [3.05, 3.63) is 28.2 Å². The number of halogens is 1. The molecule has 0 spiro atoms. The number of benzene rings is 1. The van der Waals surface area contributed by atoms with Crippen molar-refractivity contribution in [1.82, 2.24) is 5.32 Å². The Morgan fingerprint density at radius 1 is 1.47 bits per heavy atom. The van der Waals surface area contributed by atoms with Gasteiger partial charge >= 0.3 is 0 Å². The first-order valence-corrected chi connectivity index (χ1v) is 6.73. The van der Waals surface area contributed by atoms with Gasteiger partial charge < -0.3 is 14.8 Å². The van der Waals surface area contributed by atoms with Crippen LogP contribution in [0.15, 0.2) is 22.7 Å². The van der Waals surface area contributed by atoms with Crippen LogP contribution in [0.25, 0.3) is 0 Å². The molecule has 0 aliphatic carbocycles. The Labute approximate surface area is 111 Å². The summed E-state index contributed by atoms with van der Waals surface area (Å²) in [4.78, 5) is 0. The third-order valence-electron chi connectivity index (χ3n) is 2.98. The zero-order valence-corrected chi connectivity index (χ0v) is 11.6. The Bertz CT molecular complexity index is 364. The molecule has 0 aromatic heterocycles. The minimum Gasteiger partial charge on any atom is -0.497 e. The standard InChI is InChI=1S/C13H18BrNO2/c1-16-11-4-5-13(14)10(7-11)9-17-12-3-2-6-15-8-12/h4-5,7,12,15H,2-3,6,8-9H2,1H3. The Hall–Kier alpha value is -0.580. The predicted molar refractivity (Wildman–Crippen MR) is 71.4 cm³/mol. The number of hydrogen-bond donors (Lipinski definition) is 1. The molecule has 1 atom stereocenters. The molecule has 94 valence electrons. The van der Waals surface area contributed by atoms with Gasteiger partial charge in [0.05, 0.1) is 19.8 Å². The van der Waals surface area contributed by atoms with Gasteiger partial charge in [-0.25, -0.2) is 0 Å². The minimum atomic E-state index is 0.335. The molecule has 0 bridgehead atoms. The summed E-state index contributed by atoms with van der Waals surface area (Å²) in [6, 6.07) is 5.95. The van der Waals surface area contributed by atoms with Crippen LogP contribution in [0.1, 0.15) is 18.4 Å². The topological polar surface area (TPSA) is 30.5 Å². The lowest BCUT2D eigenvalue weighted by molar-refractivity contribution is 0.0249. The smallest absolute Gasteiger partial charge is 0.119 e. The van der Waals surface area contributed by atoms with Crippen LogP contribution in [0, 0.1) is 0 Å². The summed E-state index contributed by atoms with van der Waals surface area (Å²) in [5.74, 6) is 0.869. The van der Waals surface area contributed by atoms with Crippen molar-refractivity contribution in [2.75, 3.05) is 20.2 Å². The highest BCUT2D eigenvalue weighted by Crippen LogP contribution is 2.24. The van der Waals surface area contributed by atoms with Gasteiger partial charge in [-0.3, -0.25) is 0 Å². The average Bonchev–Trinajstić information content (AvgIpc) is 2.39. The summed E-state index contributed by atoms with van der Waals surface area (Å²) < 4.78 is 12.2. The Morgan fingerprint density at radius 2 is 2.35 bits per heavy atom. The summed E-state index contributed by atoms with van der Waals surface area (Å²) in [7, 11) is 1.68. The van der Waals surface area contributed by atoms with Gasteiger partial charge in [0.2, 0.25) is 0 Å². The van der Waals surface area contributed by atoms with Crippen LogP contribution in [0.3, 0.4) is 0 Å². The van der Waals surface area contributed by atoms with Crippen molar-refractivity contribution in [2.45, 2.75) is 25.6 Å². The Morgan fingerprint density at radius 3 is 3.06 bits per heavy atom. The molecule has 1 aromatic rings. The molecule has 1 N–H and O–H groups in total. The summed E-state index contributed by atoms with van der Waals surface area (Å²) in [5, 5.41) is 3.35. The van der Waals surface area contributed by atoms with Gasteiger partial charge in [-0.1, -0.05) is 15.9 Å². The summed E-state index contributed by atoms with van der Waals surface area (Å²) in [6.45, 7) is 2.70. The van der Waals surface area contributed by atoms with Gasteiger partial charge in [-0.15, -0.1) is 0 Å². The Kier molecular flexibility index (Phi) is 4.83. The maximum Gasteiger partial charge on any atom is 0.119 e. The van der Waals surface area contributed by atoms with Crippen LogP contribution in [0.2, 0.25) is 0 Å². The van der Waals surface area contributed by atoms with E-state index in [1.54, 1.807) is 7.11 Å². The molecule has 1 fully saturated rings. The number of hydrogen-bond acceptors (Lipinski definition) is 3. The van der Waals surface area contributed by atoms with Crippen molar-refractivity contribution in [3.63, 3.8) is 0 Å². The van der Waals surface area contributed by atoms with E-state index < -0.39 is 0 Å². The van der Waals surface area contributed by atoms with Gasteiger partial charge in [-0.05, 0) is 43.1 Å². The van der Waals surface area contributed by atoms with E-state index >= 15 is 0 Å². The van der Waals surface area contributed by atoms with E-state index in [0.29, 0.717) is 12.7 Å². The van der Waals surface area contributed by atoms with Crippen molar-refractivity contribution < 1.29 is 9.47 Å². The molecular formula is C13H18BrNO2. The van der Waals surface area contributed by atoms with Crippen molar-refractivity contribution in [2.24, 2.45) is 0 Å². The normalized spacial score (nSPS) is 20.2. The molecule has 0 amide bonds. The fraction of sp³-hybridized carbons (Fsp3) is 0.538. The van der Waals surface area contributed by atoms with E-state index in [2.05, 4.69) is 21.2 Å². The molecule has 1 unspecified atom stereocenters. The maximum atomic E-state index is 5.90. The zero-order valence-electron chi connectivity index (χ0n) is 10.0. The molecule has 1 aliphatic rings. The van der Waals surface area contributed by atoms with E-state index in [1.807, 2.05) is 18.2 Å². The highest BCUT2D eigenvalue weighted by atomic mass is 79.9. The lowest BCUT2D eigenvalue weighted by atomic mass is 10.1. The van der Waals surface area contributed by atoms with Crippen molar-refractivity contribution in [1.29, 1.82) is 0 Å². The van der Waals surface area contributed by atoms with Crippen LogP contribution in [0.5, 0.6) is 5.75 Å². The highest BCUT2D eigenvalue weighted by molar-refractivity contribution is 9.10. The second-order valence-electron chi connectivity index (χ2n) is 4.24. The first-order valence-electron chi connectivity index (χ1n) is 5.94. The second-order valence-corrected chi connectivity index (χ2v) is 5.09. The van der Waals surface area contributed by atoms with E-state index in [9.17, 15) is 0 Å². The lowest BCUT2D eigenvalue weighted by Crippen LogP contribution is -2.35. The predicted octanol–water partition coefficient (Wildman–Crippen LogP) is 2.73. The summed E-state index contributed by atoms with van der Waals surface area (Å²) >= 11 is 3.53. The summed E-state index contributed by atoms with van der Waals surface area (Å²) in [5.41, 5.74) is 1.13. The SMILES string of the molecule is COc1ccc(Br)c(COC2CCCNC2)c1. The van der Waals surface area contributed by atoms with E-state index in [0.717, 1.165) is 35.3 Å². The number of ether oxygens (including phenoxy) is 2. The number of nitrogens with one attached hydrogen (secondary N) is 1. The third kappa shape index (κ3) is 3.69. The monoisotopic (exact) mass is 299 g/mol. The third-order valence-corrected chi connectivity index (χ3v) is 3.75. The molecule has 0 radical (unpaired) electrons. The van der Waals surface area contributed by atoms with Crippen LogP contribution >= 0.6 is 15.9 Å². The van der Waals surface area contributed by atoms with Gasteiger partial charge in [-0.2, -0.15) is 0 Å². The van der Waals surface area contributed by atoms with Gasteiger partial charge in [0.15, 0.2) is 0 Å². The molecule has 1 aromatic carbocycles. The first kappa shape index (κ1) is 12.9. The second kappa shape index (κ2) is 6.38. The lowest BCUT2D eigenvalue weighted by Gasteiger charge is -2.23. The first-order chi connectivity index (χ1) is 8.29. The zero-order chi connectivity index (χ0) is 12.1. The minimum absolute atomic E-state index is 0.335. The van der Waals surface area contributed by atoms with Crippen LogP contribution in [0.4, 0.5) is 0 Å². The molecule has 1 heterocycles. The van der Waals surface area contributed by atoms with Crippen molar-refractivity contribution in [3.8, 4) is 5.75 Å². The molecule has 2 rings (SSSR count). The van der Waals surface area contributed by atoms with Crippen LogP contribution < -0.4 is 10.1 Å². The highest BCUT2D eigenvalue weighted by Gasteiger charge is 2.13. The van der Waals surface area contributed by atoms with Gasteiger partial charge in [0.1, 0.15) is 5.75 Å². The molecule has 1 saturated heterocycles. The molecule has 1 aliphatic heterocycles. The van der Waals surface area contributed by atoms with Crippen molar-refractivity contribution >= 4 is 15.9 Å². The number of methoxy groups -OCH3 is 1. The molecule has 17 heavy (non-hydrogen) atoms. The molecule has 0 saturated carbocycles. The van der Waals surface area contributed by atoms with E-state index in [1.165, 1.54) is 6.42 Å². The van der Waals surface area contributed by atoms with Gasteiger partial charge in [0, 0.05) is 11.0 Å². The number of rotatable bonds is 4. The number of piperidine rings is 1. The molecule has 4 heteroatoms. The molecule has 3 nitrogen and oxygen atoms in total. The van der Waals surface area contributed by atoms with E-state index in [-0.39, 0.29) is 0 Å². The maximum absolute atomic E-state index is 5.90. The fourth-order valence-electron chi connectivity index (χ4n) is 1.96. The quantitative estimate of drug-likeness (QED) is 0.927. The molecular weight excluding hydrogens is 282 g/mol. The fourth-order valence-corrected chi connectivity index (χ4v) is 2.32. The van der Waals surface area contributed by atoms with Gasteiger partial charge in [0.25, 0.3) is 0 Å². The van der Waals surface area contributed by atoms with Crippen LogP contribution in [-0.4, -0.2) is 26.3 Å². The Balaban J connectivity index is 1.92. The largest absolute Gasteiger partial charge is 0.497 e. The van der Waals surface area contributed by atoms with E-state index in [4.69, 9.17) is 9.47 Å². The average molecular weight is 300 g/mol. The summed E-state index contributed by atoms with van der Waals surface area (Å²) in [6.07, 6.45) is 2.68. The van der Waals surface area contributed by atoms with Crippen LogP contribution in [-0.2, 0) is 11.3 Å².